The first kappa shape index (κ1) is 12.8. The van der Waals surface area contributed by atoms with Gasteiger partial charge in [-0.05, 0) is 43.9 Å². The molecule has 0 atom stereocenters. The summed E-state index contributed by atoms with van der Waals surface area (Å²) in [5.74, 6) is 0.265. The zero-order valence-corrected chi connectivity index (χ0v) is 11.7. The molecule has 1 heterocycles. The third-order valence-electron chi connectivity index (χ3n) is 3.39. The van der Waals surface area contributed by atoms with Crippen LogP contribution in [-0.4, -0.2) is 9.97 Å². The number of aryl methyl sites for hydroxylation is 1. The first-order chi connectivity index (χ1) is 9.15. The second-order valence-corrected chi connectivity index (χ2v) is 5.47. The Morgan fingerprint density at radius 2 is 2.05 bits per heavy atom. The van der Waals surface area contributed by atoms with Gasteiger partial charge in [0.25, 0.3) is 0 Å². The predicted octanol–water partition coefficient (Wildman–Crippen LogP) is 4.48. The zero-order chi connectivity index (χ0) is 13.4. The Hall–Kier alpha value is -1.26. The molecule has 0 radical (unpaired) electrons. The van der Waals surface area contributed by atoms with Crippen LogP contribution in [0.5, 0.6) is 0 Å². The molecule has 98 valence electrons. The molecule has 1 aliphatic carbocycles. The largest absolute Gasteiger partial charge is 0.343 e. The quantitative estimate of drug-likeness (QED) is 0.786. The average Bonchev–Trinajstić information content (AvgIpc) is 2.38. The number of aromatic nitrogens is 2. The summed E-state index contributed by atoms with van der Waals surface area (Å²) in [5.41, 5.74) is 2.97. The van der Waals surface area contributed by atoms with E-state index in [1.807, 2.05) is 0 Å². The molecule has 0 amide bonds. The highest BCUT2D eigenvalue weighted by molar-refractivity contribution is 7.71. The van der Waals surface area contributed by atoms with Gasteiger partial charge in [0, 0.05) is 16.8 Å². The number of halogens is 2. The molecule has 19 heavy (non-hydrogen) atoms. The summed E-state index contributed by atoms with van der Waals surface area (Å²) in [7, 11) is 0. The Morgan fingerprint density at radius 1 is 1.26 bits per heavy atom. The number of nitrogens with one attached hydrogen (secondary N) is 1. The van der Waals surface area contributed by atoms with Crippen LogP contribution in [0.2, 0.25) is 5.02 Å². The Morgan fingerprint density at radius 3 is 2.84 bits per heavy atom. The van der Waals surface area contributed by atoms with E-state index in [0.29, 0.717) is 21.1 Å². The highest BCUT2D eigenvalue weighted by Gasteiger charge is 2.15. The highest BCUT2D eigenvalue weighted by Crippen LogP contribution is 2.28. The van der Waals surface area contributed by atoms with Crippen molar-refractivity contribution < 1.29 is 4.39 Å². The van der Waals surface area contributed by atoms with Gasteiger partial charge in [-0.15, -0.1) is 0 Å². The second kappa shape index (κ2) is 5.02. The minimum Gasteiger partial charge on any atom is -0.343 e. The van der Waals surface area contributed by atoms with Gasteiger partial charge >= 0.3 is 0 Å². The van der Waals surface area contributed by atoms with E-state index in [1.54, 1.807) is 6.07 Å². The summed E-state index contributed by atoms with van der Waals surface area (Å²) in [6.45, 7) is 0. The van der Waals surface area contributed by atoms with Gasteiger partial charge in [0.2, 0.25) is 0 Å². The number of rotatable bonds is 1. The molecular formula is C14H12ClFN2S. The lowest BCUT2D eigenvalue weighted by molar-refractivity contribution is 0.628. The van der Waals surface area contributed by atoms with Crippen molar-refractivity contribution in [2.24, 2.45) is 0 Å². The number of hydrogen-bond acceptors (Lipinski definition) is 2. The molecule has 5 heteroatoms. The molecule has 0 bridgehead atoms. The Labute approximate surface area is 120 Å². The Kier molecular flexibility index (Phi) is 3.37. The van der Waals surface area contributed by atoms with Crippen LogP contribution in [0, 0.1) is 10.5 Å². The van der Waals surface area contributed by atoms with E-state index >= 15 is 0 Å². The van der Waals surface area contributed by atoms with Crippen LogP contribution in [0.15, 0.2) is 18.2 Å². The molecule has 1 aliphatic rings. The molecule has 1 aromatic carbocycles. The molecule has 0 aliphatic heterocycles. The average molecular weight is 295 g/mol. The van der Waals surface area contributed by atoms with Crippen molar-refractivity contribution in [2.45, 2.75) is 25.7 Å². The topological polar surface area (TPSA) is 28.7 Å². The smallest absolute Gasteiger partial charge is 0.140 e. The maximum Gasteiger partial charge on any atom is 0.140 e. The monoisotopic (exact) mass is 294 g/mol. The van der Waals surface area contributed by atoms with Crippen LogP contribution in [0.4, 0.5) is 4.39 Å². The van der Waals surface area contributed by atoms with Crippen LogP contribution in [0.1, 0.15) is 24.1 Å². The summed E-state index contributed by atoms with van der Waals surface area (Å²) in [6, 6.07) is 4.29. The number of benzene rings is 1. The van der Waals surface area contributed by atoms with Crippen LogP contribution >= 0.6 is 23.8 Å². The van der Waals surface area contributed by atoms with Crippen LogP contribution in [0.25, 0.3) is 11.4 Å². The molecule has 0 fully saturated rings. The maximum absolute atomic E-state index is 13.1. The van der Waals surface area contributed by atoms with Crippen LogP contribution in [-0.2, 0) is 12.8 Å². The lowest BCUT2D eigenvalue weighted by atomic mass is 9.97. The van der Waals surface area contributed by atoms with Crippen molar-refractivity contribution in [3.05, 3.63) is 44.9 Å². The molecule has 0 saturated heterocycles. The van der Waals surface area contributed by atoms with E-state index < -0.39 is 0 Å². The van der Waals surface area contributed by atoms with Crippen LogP contribution < -0.4 is 0 Å². The Balaban J connectivity index is 2.15. The lowest BCUT2D eigenvalue weighted by Gasteiger charge is -2.16. The first-order valence-corrected chi connectivity index (χ1v) is 7.01. The second-order valence-electron chi connectivity index (χ2n) is 4.68. The SMILES string of the molecule is Fc1ccc(-c2nc(=S)c3c([nH]2)CCCC3)c(Cl)c1. The minimum absolute atomic E-state index is 0.342. The molecule has 0 saturated carbocycles. The molecular weight excluding hydrogens is 283 g/mol. The Bertz CT molecular complexity index is 696. The molecule has 3 rings (SSSR count). The van der Waals surface area contributed by atoms with Crippen molar-refractivity contribution >= 4 is 23.8 Å². The van der Waals surface area contributed by atoms with Gasteiger partial charge < -0.3 is 4.98 Å². The fourth-order valence-corrected chi connectivity index (χ4v) is 3.00. The first-order valence-electron chi connectivity index (χ1n) is 6.22. The molecule has 0 spiro atoms. The fraction of sp³-hybridized carbons (Fsp3) is 0.286. The maximum atomic E-state index is 13.1. The number of hydrogen-bond donors (Lipinski definition) is 1. The molecule has 2 aromatic rings. The van der Waals surface area contributed by atoms with Crippen LogP contribution in [0.3, 0.4) is 0 Å². The summed E-state index contributed by atoms with van der Waals surface area (Å²) in [6.07, 6.45) is 4.27. The number of nitrogens with zero attached hydrogens (tertiary/aromatic N) is 1. The van der Waals surface area contributed by atoms with Gasteiger partial charge in [-0.25, -0.2) is 9.37 Å². The van der Waals surface area contributed by atoms with E-state index in [2.05, 4.69) is 9.97 Å². The van der Waals surface area contributed by atoms with Crippen molar-refractivity contribution in [1.82, 2.24) is 9.97 Å². The number of fused-ring (bicyclic) bond motifs is 1. The van der Waals surface area contributed by atoms with Gasteiger partial charge in [-0.2, -0.15) is 0 Å². The van der Waals surface area contributed by atoms with Crippen molar-refractivity contribution in [1.29, 1.82) is 0 Å². The van der Waals surface area contributed by atoms with E-state index in [0.717, 1.165) is 36.9 Å². The van der Waals surface area contributed by atoms with Crippen molar-refractivity contribution in [2.75, 3.05) is 0 Å². The third kappa shape index (κ3) is 2.42. The third-order valence-corrected chi connectivity index (χ3v) is 4.05. The van der Waals surface area contributed by atoms with Crippen molar-refractivity contribution in [3.8, 4) is 11.4 Å². The van der Waals surface area contributed by atoms with Gasteiger partial charge in [0.05, 0.1) is 5.02 Å². The molecule has 1 aromatic heterocycles. The normalized spacial score (nSPS) is 14.2. The standard InChI is InChI=1S/C14H12ClFN2S/c15-11-7-8(16)5-6-9(11)13-17-12-4-2-1-3-10(12)14(19)18-13/h5-7H,1-4H2,(H,17,18,19). The van der Waals surface area contributed by atoms with E-state index in [4.69, 9.17) is 23.8 Å². The summed E-state index contributed by atoms with van der Waals surface area (Å²) in [4.78, 5) is 7.70. The van der Waals surface area contributed by atoms with Gasteiger partial charge in [-0.3, -0.25) is 0 Å². The van der Waals surface area contributed by atoms with E-state index in [-0.39, 0.29) is 5.82 Å². The summed E-state index contributed by atoms with van der Waals surface area (Å²) < 4.78 is 13.7. The zero-order valence-electron chi connectivity index (χ0n) is 10.2. The minimum atomic E-state index is -0.356. The summed E-state index contributed by atoms with van der Waals surface area (Å²) >= 11 is 11.4. The predicted molar refractivity (Wildman–Crippen MR) is 76.5 cm³/mol. The van der Waals surface area contributed by atoms with E-state index in [1.165, 1.54) is 12.1 Å². The molecule has 1 N–H and O–H groups in total. The number of H-pyrrole nitrogens is 1. The molecule has 0 unspecified atom stereocenters. The van der Waals surface area contributed by atoms with Gasteiger partial charge in [0.15, 0.2) is 0 Å². The molecule has 2 nitrogen and oxygen atoms in total. The van der Waals surface area contributed by atoms with Gasteiger partial charge in [-0.1, -0.05) is 23.8 Å². The highest BCUT2D eigenvalue weighted by atomic mass is 35.5. The fourth-order valence-electron chi connectivity index (χ4n) is 2.43. The summed E-state index contributed by atoms with van der Waals surface area (Å²) in [5, 5.41) is 0.342. The van der Waals surface area contributed by atoms with Crippen molar-refractivity contribution in [3.63, 3.8) is 0 Å². The van der Waals surface area contributed by atoms with Gasteiger partial charge in [0.1, 0.15) is 16.3 Å². The lowest BCUT2D eigenvalue weighted by Crippen LogP contribution is -2.08. The number of aromatic amines is 1. The van der Waals surface area contributed by atoms with E-state index in [9.17, 15) is 4.39 Å².